The lowest BCUT2D eigenvalue weighted by molar-refractivity contribution is 0.107. The lowest BCUT2D eigenvalue weighted by atomic mass is 10.1. The Morgan fingerprint density at radius 2 is 0.909 bits per heavy atom. The van der Waals surface area contributed by atoms with Gasteiger partial charge >= 0.3 is 0 Å². The molecular weight excluding hydrogens is 412 g/mol. The second kappa shape index (κ2) is 13.6. The maximum absolute atomic E-state index is 5.91. The third-order valence-electron chi connectivity index (χ3n) is 6.63. The Morgan fingerprint density at radius 1 is 0.515 bits per heavy atom. The van der Waals surface area contributed by atoms with E-state index in [4.69, 9.17) is 14.2 Å². The second-order valence-corrected chi connectivity index (χ2v) is 9.28. The van der Waals surface area contributed by atoms with E-state index in [1.165, 1.54) is 64.7 Å². The summed E-state index contributed by atoms with van der Waals surface area (Å²) in [5.41, 5.74) is 2.33. The molecule has 0 bridgehead atoms. The molecule has 0 atom stereocenters. The second-order valence-electron chi connectivity index (χ2n) is 9.28. The molecule has 4 rings (SSSR count). The Labute approximate surface area is 199 Å². The summed E-state index contributed by atoms with van der Waals surface area (Å²) < 4.78 is 17.7. The average Bonchev–Trinajstić information content (AvgIpc) is 2.87. The van der Waals surface area contributed by atoms with Gasteiger partial charge in [0, 0.05) is 13.1 Å². The summed E-state index contributed by atoms with van der Waals surface area (Å²) in [6.07, 6.45) is 8.05. The van der Waals surface area contributed by atoms with Crippen molar-refractivity contribution in [2.45, 2.75) is 51.7 Å². The minimum absolute atomic E-state index is 0.599. The van der Waals surface area contributed by atoms with Crippen LogP contribution in [0.3, 0.4) is 0 Å². The van der Waals surface area contributed by atoms with Crippen LogP contribution in [-0.2, 0) is 18.0 Å². The topological polar surface area (TPSA) is 34.2 Å². The number of nitrogens with zero attached hydrogens (tertiary/aromatic N) is 2. The smallest absolute Gasteiger partial charge is 0.119 e. The molecule has 2 heterocycles. The average molecular weight is 453 g/mol. The predicted octanol–water partition coefficient (Wildman–Crippen LogP) is 5.13. The molecule has 0 N–H and O–H groups in total. The third kappa shape index (κ3) is 8.65. The fraction of sp³-hybridized carbons (Fsp3) is 0.571. The molecule has 0 unspecified atom stereocenters. The highest BCUT2D eigenvalue weighted by atomic mass is 16.5. The Kier molecular flexibility index (Phi) is 9.90. The van der Waals surface area contributed by atoms with E-state index in [-0.39, 0.29) is 0 Å². The number of likely N-dealkylation sites (tertiary alicyclic amines) is 2. The zero-order valence-electron chi connectivity index (χ0n) is 20.1. The van der Waals surface area contributed by atoms with Crippen LogP contribution in [0.2, 0.25) is 0 Å². The maximum atomic E-state index is 5.91. The van der Waals surface area contributed by atoms with Crippen LogP contribution in [0.4, 0.5) is 0 Å². The van der Waals surface area contributed by atoms with Crippen LogP contribution >= 0.6 is 0 Å². The Bertz CT molecular complexity index is 714. The van der Waals surface area contributed by atoms with Crippen LogP contribution in [0.1, 0.15) is 49.7 Å². The van der Waals surface area contributed by atoms with Crippen molar-refractivity contribution in [2.75, 3.05) is 52.5 Å². The Morgan fingerprint density at radius 3 is 1.30 bits per heavy atom. The molecule has 2 saturated heterocycles. The summed E-state index contributed by atoms with van der Waals surface area (Å²) in [4.78, 5) is 5.00. The van der Waals surface area contributed by atoms with Gasteiger partial charge in [0.05, 0.1) is 13.2 Å². The summed E-state index contributed by atoms with van der Waals surface area (Å²) in [5.74, 6) is 1.87. The molecule has 0 saturated carbocycles. The largest absolute Gasteiger partial charge is 0.492 e. The van der Waals surface area contributed by atoms with Gasteiger partial charge in [0.25, 0.3) is 0 Å². The number of benzene rings is 2. The summed E-state index contributed by atoms with van der Waals surface area (Å²) in [7, 11) is 0. The van der Waals surface area contributed by atoms with Crippen LogP contribution in [0.5, 0.6) is 11.5 Å². The van der Waals surface area contributed by atoms with E-state index < -0.39 is 0 Å². The molecule has 5 nitrogen and oxygen atoms in total. The molecule has 180 valence electrons. The van der Waals surface area contributed by atoms with E-state index in [9.17, 15) is 0 Å². The van der Waals surface area contributed by atoms with E-state index in [2.05, 4.69) is 34.1 Å². The van der Waals surface area contributed by atoms with E-state index in [0.717, 1.165) is 48.9 Å². The number of hydrogen-bond donors (Lipinski definition) is 0. The maximum Gasteiger partial charge on any atom is 0.119 e. The first-order valence-corrected chi connectivity index (χ1v) is 12.8. The molecule has 2 aliphatic heterocycles. The molecule has 5 heteroatoms. The van der Waals surface area contributed by atoms with Crippen molar-refractivity contribution in [3.63, 3.8) is 0 Å². The van der Waals surface area contributed by atoms with Crippen molar-refractivity contribution in [1.82, 2.24) is 9.80 Å². The van der Waals surface area contributed by atoms with Gasteiger partial charge in [0.15, 0.2) is 0 Å². The van der Waals surface area contributed by atoms with E-state index >= 15 is 0 Å². The molecule has 2 aromatic rings. The molecule has 33 heavy (non-hydrogen) atoms. The van der Waals surface area contributed by atoms with Gasteiger partial charge in [-0.05, 0) is 87.3 Å². The first-order valence-electron chi connectivity index (χ1n) is 12.8. The van der Waals surface area contributed by atoms with Gasteiger partial charge < -0.3 is 14.2 Å². The SMILES string of the molecule is c1cc(OCCN2CCCCC2)ccc1COCc1ccc(OCCN2CCCCC2)cc1. The van der Waals surface area contributed by atoms with Crippen molar-refractivity contribution >= 4 is 0 Å². The number of hydrogen-bond acceptors (Lipinski definition) is 5. The zero-order valence-corrected chi connectivity index (χ0v) is 20.1. The van der Waals surface area contributed by atoms with Crippen LogP contribution in [0.25, 0.3) is 0 Å². The first-order chi connectivity index (χ1) is 16.3. The summed E-state index contributed by atoms with van der Waals surface area (Å²) in [5, 5.41) is 0. The molecule has 2 aromatic carbocycles. The Balaban J connectivity index is 1.09. The Hall–Kier alpha value is -2.08. The van der Waals surface area contributed by atoms with Gasteiger partial charge in [-0.3, -0.25) is 9.80 Å². The minimum atomic E-state index is 0.599. The number of piperidine rings is 2. The molecule has 0 spiro atoms. The van der Waals surface area contributed by atoms with Gasteiger partial charge in [-0.2, -0.15) is 0 Å². The van der Waals surface area contributed by atoms with Crippen LogP contribution in [0, 0.1) is 0 Å². The third-order valence-corrected chi connectivity index (χ3v) is 6.63. The van der Waals surface area contributed by atoms with E-state index in [0.29, 0.717) is 13.2 Å². The van der Waals surface area contributed by atoms with Crippen molar-refractivity contribution in [1.29, 1.82) is 0 Å². The molecule has 0 aliphatic carbocycles. The van der Waals surface area contributed by atoms with Crippen LogP contribution in [-0.4, -0.2) is 62.3 Å². The summed E-state index contributed by atoms with van der Waals surface area (Å²) in [6.45, 7) is 9.62. The molecule has 2 fully saturated rings. The van der Waals surface area contributed by atoms with E-state index in [1.54, 1.807) is 0 Å². The van der Waals surface area contributed by atoms with Crippen LogP contribution in [0.15, 0.2) is 48.5 Å². The van der Waals surface area contributed by atoms with Crippen molar-refractivity contribution in [3.05, 3.63) is 59.7 Å². The van der Waals surface area contributed by atoms with Crippen molar-refractivity contribution in [2.24, 2.45) is 0 Å². The van der Waals surface area contributed by atoms with Gasteiger partial charge in [-0.25, -0.2) is 0 Å². The number of ether oxygens (including phenoxy) is 3. The highest BCUT2D eigenvalue weighted by Crippen LogP contribution is 2.16. The van der Waals surface area contributed by atoms with Gasteiger partial charge in [0.2, 0.25) is 0 Å². The van der Waals surface area contributed by atoms with Crippen LogP contribution < -0.4 is 9.47 Å². The monoisotopic (exact) mass is 452 g/mol. The molecule has 2 aliphatic rings. The van der Waals surface area contributed by atoms with Crippen molar-refractivity contribution in [3.8, 4) is 11.5 Å². The molecule has 0 aromatic heterocycles. The van der Waals surface area contributed by atoms with Gasteiger partial charge in [0.1, 0.15) is 24.7 Å². The van der Waals surface area contributed by atoms with Gasteiger partial charge in [-0.15, -0.1) is 0 Å². The van der Waals surface area contributed by atoms with E-state index in [1.807, 2.05) is 24.3 Å². The van der Waals surface area contributed by atoms with Crippen molar-refractivity contribution < 1.29 is 14.2 Å². The van der Waals surface area contributed by atoms with Gasteiger partial charge in [-0.1, -0.05) is 37.1 Å². The minimum Gasteiger partial charge on any atom is -0.492 e. The summed E-state index contributed by atoms with van der Waals surface area (Å²) >= 11 is 0. The molecular formula is C28H40N2O3. The standard InChI is InChI=1S/C28H40N2O3/c1-3-15-29(16-4-1)19-21-32-27-11-7-25(8-12-27)23-31-24-26-9-13-28(14-10-26)33-22-20-30-17-5-2-6-18-30/h7-14H,1-6,15-24H2. The fourth-order valence-electron chi connectivity index (χ4n) is 4.60. The number of rotatable bonds is 12. The lowest BCUT2D eigenvalue weighted by Crippen LogP contribution is -2.33. The predicted molar refractivity (Wildman–Crippen MR) is 133 cm³/mol. The highest BCUT2D eigenvalue weighted by molar-refractivity contribution is 5.28. The molecule has 0 radical (unpaired) electrons. The highest BCUT2D eigenvalue weighted by Gasteiger charge is 2.10. The fourth-order valence-corrected chi connectivity index (χ4v) is 4.60. The normalized spacial score (nSPS) is 17.7. The zero-order chi connectivity index (χ0) is 22.6. The first kappa shape index (κ1) is 24.1. The molecule has 0 amide bonds. The summed E-state index contributed by atoms with van der Waals surface area (Å²) in [6, 6.07) is 16.6. The quantitative estimate of drug-likeness (QED) is 0.446. The lowest BCUT2D eigenvalue weighted by Gasteiger charge is -2.26.